The van der Waals surface area contributed by atoms with Crippen LogP contribution < -0.4 is 0 Å². The number of benzene rings is 8. The molecule has 0 aliphatic rings. The van der Waals surface area contributed by atoms with Crippen LogP contribution in [0.2, 0.25) is 0 Å². The Hall–Kier alpha value is -7.30. The van der Waals surface area contributed by atoms with Crippen molar-refractivity contribution in [2.24, 2.45) is 0 Å². The molecule has 0 radical (unpaired) electrons. The Kier molecular flexibility index (Phi) is 6.02. The normalized spacial score (nSPS) is 12.1. The Morgan fingerprint density at radius 2 is 0.667 bits per heavy atom. The van der Waals surface area contributed by atoms with Gasteiger partial charge in [0.2, 0.25) is 0 Å². The van der Waals surface area contributed by atoms with Crippen LogP contribution in [0.4, 0.5) is 0 Å². The lowest BCUT2D eigenvalue weighted by Gasteiger charge is -2.11. The van der Waals surface area contributed by atoms with Gasteiger partial charge in [-0.25, -0.2) is 0 Å². The third kappa shape index (κ3) is 4.08. The van der Waals surface area contributed by atoms with Crippen molar-refractivity contribution in [2.45, 2.75) is 0 Å². The molecule has 0 aliphatic heterocycles. The molecule has 0 amide bonds. The molecular formula is C50H32N4. The third-order valence-corrected chi connectivity index (χ3v) is 11.3. The van der Waals surface area contributed by atoms with Gasteiger partial charge in [0, 0.05) is 66.6 Å². The first-order chi connectivity index (χ1) is 26.8. The molecule has 0 fully saturated rings. The van der Waals surface area contributed by atoms with Crippen LogP contribution >= 0.6 is 0 Å². The van der Waals surface area contributed by atoms with E-state index in [1.54, 1.807) is 0 Å². The Labute approximate surface area is 310 Å². The Balaban J connectivity index is 1.21. The van der Waals surface area contributed by atoms with E-state index < -0.39 is 0 Å². The molecule has 4 aromatic heterocycles. The second kappa shape index (κ2) is 11.1. The van der Waals surface area contributed by atoms with Gasteiger partial charge in [0.05, 0.1) is 38.6 Å². The molecule has 4 nitrogen and oxygen atoms in total. The first kappa shape index (κ1) is 29.3. The quantitative estimate of drug-likeness (QED) is 0.175. The summed E-state index contributed by atoms with van der Waals surface area (Å²) >= 11 is 0. The summed E-state index contributed by atoms with van der Waals surface area (Å²) in [6.07, 6.45) is 2.20. The summed E-state index contributed by atoms with van der Waals surface area (Å²) in [6, 6.07) is 68.5. The van der Waals surface area contributed by atoms with E-state index in [1.165, 1.54) is 76.3 Å². The highest BCUT2D eigenvalue weighted by atomic mass is 15.0. The maximum atomic E-state index is 2.49. The number of fused-ring (bicyclic) bond motifs is 10. The van der Waals surface area contributed by atoms with Crippen molar-refractivity contribution in [1.29, 1.82) is 0 Å². The van der Waals surface area contributed by atoms with Gasteiger partial charge in [-0.3, -0.25) is 0 Å². The zero-order valence-electron chi connectivity index (χ0n) is 29.3. The number of rotatable bonds is 4. The summed E-state index contributed by atoms with van der Waals surface area (Å²) in [5.41, 5.74) is 13.0. The van der Waals surface area contributed by atoms with Gasteiger partial charge >= 0.3 is 0 Å². The number of hydrogen-bond acceptors (Lipinski definition) is 0. The fourth-order valence-corrected chi connectivity index (χ4v) is 9.01. The van der Waals surface area contributed by atoms with Crippen LogP contribution in [-0.2, 0) is 0 Å². The van der Waals surface area contributed by atoms with Crippen LogP contribution in [-0.4, -0.2) is 18.3 Å². The molecule has 0 N–H and O–H groups in total. The highest BCUT2D eigenvalue weighted by Crippen LogP contribution is 2.42. The summed E-state index contributed by atoms with van der Waals surface area (Å²) in [6.45, 7) is 0. The molecule has 0 bridgehead atoms. The van der Waals surface area contributed by atoms with Crippen molar-refractivity contribution in [3.8, 4) is 22.7 Å². The lowest BCUT2D eigenvalue weighted by molar-refractivity contribution is 1.13. The van der Waals surface area contributed by atoms with Crippen molar-refractivity contribution >= 4 is 76.3 Å². The molecule has 0 spiro atoms. The zero-order chi connectivity index (χ0) is 35.3. The van der Waals surface area contributed by atoms with E-state index in [1.807, 2.05) is 0 Å². The molecule has 0 unspecified atom stereocenters. The predicted molar refractivity (Wildman–Crippen MR) is 226 cm³/mol. The predicted octanol–water partition coefficient (Wildman–Crippen LogP) is 12.9. The molecule has 0 saturated carbocycles. The van der Waals surface area contributed by atoms with Gasteiger partial charge in [-0.2, -0.15) is 0 Å². The fourth-order valence-electron chi connectivity index (χ4n) is 9.01. The minimum absolute atomic E-state index is 1.14. The molecule has 4 heteroatoms. The van der Waals surface area contributed by atoms with Crippen molar-refractivity contribution in [3.63, 3.8) is 0 Å². The molecule has 0 aliphatic carbocycles. The van der Waals surface area contributed by atoms with E-state index in [0.717, 1.165) is 22.7 Å². The van der Waals surface area contributed by atoms with Crippen LogP contribution in [0.15, 0.2) is 194 Å². The summed E-state index contributed by atoms with van der Waals surface area (Å²) in [5, 5.41) is 8.64. The van der Waals surface area contributed by atoms with Gasteiger partial charge in [0.25, 0.3) is 0 Å². The Morgan fingerprint density at radius 3 is 1.28 bits per heavy atom. The highest BCUT2D eigenvalue weighted by Gasteiger charge is 2.21. The summed E-state index contributed by atoms with van der Waals surface area (Å²) < 4.78 is 9.61. The van der Waals surface area contributed by atoms with Crippen LogP contribution in [0.3, 0.4) is 0 Å². The minimum atomic E-state index is 1.14. The van der Waals surface area contributed by atoms with Gasteiger partial charge < -0.3 is 18.3 Å². The molecule has 252 valence electrons. The number of hydrogen-bond donors (Lipinski definition) is 0. The number of para-hydroxylation sites is 5. The van der Waals surface area contributed by atoms with Gasteiger partial charge in [-0.05, 0) is 97.1 Å². The van der Waals surface area contributed by atoms with Crippen molar-refractivity contribution in [3.05, 3.63) is 194 Å². The number of aromatic nitrogens is 4. The maximum Gasteiger partial charge on any atom is 0.0548 e. The van der Waals surface area contributed by atoms with Crippen molar-refractivity contribution < 1.29 is 0 Å². The molecule has 8 aromatic carbocycles. The smallest absolute Gasteiger partial charge is 0.0548 e. The Morgan fingerprint density at radius 1 is 0.241 bits per heavy atom. The van der Waals surface area contributed by atoms with Gasteiger partial charge in [-0.15, -0.1) is 0 Å². The molecule has 0 saturated heterocycles. The summed E-state index contributed by atoms with van der Waals surface area (Å²) in [4.78, 5) is 0. The SMILES string of the molecule is c1ccc(-n2ccc3cc4c(cc32)c2cc3c(cc2n4-c2ccc4c(c2)c2ccccc2n4-c2ccccc2)c2ccccc2n3-c2ccccc2)cc1. The third-order valence-electron chi connectivity index (χ3n) is 11.3. The van der Waals surface area contributed by atoms with E-state index >= 15 is 0 Å². The lowest BCUT2D eigenvalue weighted by Crippen LogP contribution is -1.96. The first-order valence-electron chi connectivity index (χ1n) is 18.5. The topological polar surface area (TPSA) is 19.7 Å². The van der Waals surface area contributed by atoms with Crippen LogP contribution in [0.5, 0.6) is 0 Å². The summed E-state index contributed by atoms with van der Waals surface area (Å²) in [5.74, 6) is 0. The average molecular weight is 689 g/mol. The van der Waals surface area contributed by atoms with Crippen molar-refractivity contribution in [2.75, 3.05) is 0 Å². The van der Waals surface area contributed by atoms with Crippen LogP contribution in [0.1, 0.15) is 0 Å². The van der Waals surface area contributed by atoms with Gasteiger partial charge in [0.1, 0.15) is 0 Å². The highest BCUT2D eigenvalue weighted by molar-refractivity contribution is 6.21. The average Bonchev–Trinajstić information content (AvgIpc) is 3.98. The van der Waals surface area contributed by atoms with E-state index in [2.05, 4.69) is 213 Å². The Bertz CT molecular complexity index is 3410. The zero-order valence-corrected chi connectivity index (χ0v) is 29.3. The minimum Gasteiger partial charge on any atom is -0.317 e. The van der Waals surface area contributed by atoms with Crippen molar-refractivity contribution in [1.82, 2.24) is 18.3 Å². The maximum absolute atomic E-state index is 2.49. The van der Waals surface area contributed by atoms with Gasteiger partial charge in [0.15, 0.2) is 0 Å². The lowest BCUT2D eigenvalue weighted by atomic mass is 10.1. The van der Waals surface area contributed by atoms with Crippen LogP contribution in [0.25, 0.3) is 99.1 Å². The van der Waals surface area contributed by atoms with E-state index in [9.17, 15) is 0 Å². The molecule has 12 rings (SSSR count). The summed E-state index contributed by atoms with van der Waals surface area (Å²) in [7, 11) is 0. The van der Waals surface area contributed by atoms with Gasteiger partial charge in [-0.1, -0.05) is 91.0 Å². The molecule has 4 heterocycles. The standard InChI is InChI=1S/C50H32N4/c1-4-14-34(15-5-1)51-27-26-33-28-48-42(30-47(33)51)43-32-49-41(39-21-11-13-23-45(39)53(49)36-18-8-3-9-19-36)31-50(43)54(48)37-24-25-46-40(29-37)38-20-10-12-22-44(38)52(46)35-16-6-2-7-17-35/h1-32H. The van der Waals surface area contributed by atoms with E-state index in [4.69, 9.17) is 0 Å². The van der Waals surface area contributed by atoms with E-state index in [-0.39, 0.29) is 0 Å². The monoisotopic (exact) mass is 688 g/mol. The first-order valence-corrected chi connectivity index (χ1v) is 18.5. The second-order valence-electron chi connectivity index (χ2n) is 14.2. The molecule has 54 heavy (non-hydrogen) atoms. The molecular weight excluding hydrogens is 657 g/mol. The largest absolute Gasteiger partial charge is 0.317 e. The fraction of sp³-hybridized carbons (Fsp3) is 0. The van der Waals surface area contributed by atoms with E-state index in [0.29, 0.717) is 0 Å². The second-order valence-corrected chi connectivity index (χ2v) is 14.2. The number of nitrogens with zero attached hydrogens (tertiary/aromatic N) is 4. The van der Waals surface area contributed by atoms with Crippen LogP contribution in [0, 0.1) is 0 Å². The molecule has 0 atom stereocenters. The molecule has 12 aromatic rings.